The van der Waals surface area contributed by atoms with Crippen LogP contribution in [-0.4, -0.2) is 24.3 Å². The van der Waals surface area contributed by atoms with Crippen LogP contribution in [0.15, 0.2) is 0 Å². The molecule has 6 heteroatoms. The fraction of sp³-hybridized carbons (Fsp3) is 0.909. The van der Waals surface area contributed by atoms with Crippen molar-refractivity contribution in [3.05, 3.63) is 0 Å². The van der Waals surface area contributed by atoms with Gasteiger partial charge in [-0.3, -0.25) is 4.79 Å². The van der Waals surface area contributed by atoms with Gasteiger partial charge in [0.15, 0.2) is 0 Å². The Morgan fingerprint density at radius 2 is 1.76 bits per heavy atom. The highest BCUT2D eigenvalue weighted by molar-refractivity contribution is 5.84. The van der Waals surface area contributed by atoms with E-state index < -0.39 is 24.3 Å². The third kappa shape index (κ3) is 3.57. The Morgan fingerprint density at radius 3 is 2.24 bits per heavy atom. The van der Waals surface area contributed by atoms with Crippen molar-refractivity contribution >= 4 is 5.91 Å². The zero-order chi connectivity index (χ0) is 13.1. The summed E-state index contributed by atoms with van der Waals surface area (Å²) < 4.78 is 49.3. The summed E-state index contributed by atoms with van der Waals surface area (Å²) in [7, 11) is 0. The molecule has 17 heavy (non-hydrogen) atoms. The van der Waals surface area contributed by atoms with E-state index in [1.54, 1.807) is 6.92 Å². The van der Waals surface area contributed by atoms with Crippen LogP contribution in [-0.2, 0) is 4.79 Å². The van der Waals surface area contributed by atoms with Gasteiger partial charge in [-0.15, -0.1) is 0 Å². The quantitative estimate of drug-likeness (QED) is 0.769. The van der Waals surface area contributed by atoms with Gasteiger partial charge >= 0.3 is 12.3 Å². The van der Waals surface area contributed by atoms with Crippen molar-refractivity contribution in [2.24, 2.45) is 5.92 Å². The van der Waals surface area contributed by atoms with E-state index in [0.29, 0.717) is 0 Å². The van der Waals surface area contributed by atoms with Gasteiger partial charge in [-0.25, -0.2) is 8.78 Å². The SMILES string of the molecule is C[C@H](NC(=O)C(F)(F)C(F)F)C1CCCCC1. The second kappa shape index (κ2) is 5.69. The zero-order valence-electron chi connectivity index (χ0n) is 9.69. The molecule has 1 saturated carbocycles. The Balaban J connectivity index is 2.50. The molecule has 0 radical (unpaired) electrons. The number of carbonyl (C=O) groups excluding carboxylic acids is 1. The first-order valence-corrected chi connectivity index (χ1v) is 5.82. The minimum atomic E-state index is -4.59. The molecular formula is C11H17F4NO. The van der Waals surface area contributed by atoms with Gasteiger partial charge in [0, 0.05) is 6.04 Å². The molecule has 0 aliphatic heterocycles. The largest absolute Gasteiger partial charge is 0.383 e. The molecule has 0 spiro atoms. The molecule has 100 valence electrons. The summed E-state index contributed by atoms with van der Waals surface area (Å²) >= 11 is 0. The van der Waals surface area contributed by atoms with E-state index in [1.165, 1.54) is 0 Å². The molecule has 1 aliphatic carbocycles. The lowest BCUT2D eigenvalue weighted by Crippen LogP contribution is -2.50. The van der Waals surface area contributed by atoms with Gasteiger partial charge in [0.1, 0.15) is 0 Å². The zero-order valence-corrected chi connectivity index (χ0v) is 9.69. The predicted octanol–water partition coefficient (Wildman–Crippen LogP) is 2.97. The molecule has 2 nitrogen and oxygen atoms in total. The molecule has 0 saturated heterocycles. The van der Waals surface area contributed by atoms with Crippen LogP contribution in [0.5, 0.6) is 0 Å². The van der Waals surface area contributed by atoms with E-state index in [0.717, 1.165) is 32.1 Å². The van der Waals surface area contributed by atoms with Crippen LogP contribution >= 0.6 is 0 Å². The fourth-order valence-electron chi connectivity index (χ4n) is 2.15. The van der Waals surface area contributed by atoms with Gasteiger partial charge < -0.3 is 5.32 Å². The number of rotatable bonds is 4. The lowest BCUT2D eigenvalue weighted by molar-refractivity contribution is -0.170. The van der Waals surface area contributed by atoms with Crippen LogP contribution in [0.2, 0.25) is 0 Å². The number of alkyl halides is 4. The topological polar surface area (TPSA) is 29.1 Å². The Kier molecular flexibility index (Phi) is 4.77. The molecule has 1 amide bonds. The highest BCUT2D eigenvalue weighted by Crippen LogP contribution is 2.28. The summed E-state index contributed by atoms with van der Waals surface area (Å²) in [5, 5.41) is 2.00. The first kappa shape index (κ1) is 14.3. The van der Waals surface area contributed by atoms with Gasteiger partial charge in [-0.1, -0.05) is 19.3 Å². The molecule has 1 rings (SSSR count). The average Bonchev–Trinajstić information content (AvgIpc) is 2.29. The maximum absolute atomic E-state index is 12.7. The lowest BCUT2D eigenvalue weighted by atomic mass is 9.84. The van der Waals surface area contributed by atoms with Crippen LogP contribution in [0, 0.1) is 5.92 Å². The second-order valence-electron chi connectivity index (χ2n) is 4.58. The maximum Gasteiger partial charge on any atom is 0.383 e. The van der Waals surface area contributed by atoms with Crippen molar-refractivity contribution in [1.29, 1.82) is 0 Å². The Hall–Kier alpha value is -0.810. The third-order valence-corrected chi connectivity index (χ3v) is 3.29. The summed E-state index contributed by atoms with van der Waals surface area (Å²) in [5.74, 6) is -6.35. The molecule has 1 fully saturated rings. The summed E-state index contributed by atoms with van der Waals surface area (Å²) in [6.45, 7) is 1.59. The van der Waals surface area contributed by atoms with Gasteiger partial charge in [0.2, 0.25) is 0 Å². The molecule has 0 heterocycles. The van der Waals surface area contributed by atoms with Crippen molar-refractivity contribution < 1.29 is 22.4 Å². The molecule has 1 aliphatic rings. The Morgan fingerprint density at radius 1 is 1.24 bits per heavy atom. The number of hydrogen-bond acceptors (Lipinski definition) is 1. The van der Waals surface area contributed by atoms with Gasteiger partial charge in [0.05, 0.1) is 0 Å². The monoisotopic (exact) mass is 255 g/mol. The van der Waals surface area contributed by atoms with Crippen molar-refractivity contribution in [3.8, 4) is 0 Å². The number of amides is 1. The molecular weight excluding hydrogens is 238 g/mol. The molecule has 1 N–H and O–H groups in total. The van der Waals surface area contributed by atoms with E-state index in [1.807, 2.05) is 5.32 Å². The molecule has 0 aromatic rings. The maximum atomic E-state index is 12.7. The van der Waals surface area contributed by atoms with E-state index in [2.05, 4.69) is 0 Å². The number of carbonyl (C=O) groups is 1. The Labute approximate surface area is 97.8 Å². The van der Waals surface area contributed by atoms with E-state index in [-0.39, 0.29) is 5.92 Å². The summed E-state index contributed by atoms with van der Waals surface area (Å²) in [6.07, 6.45) is 0.834. The first-order chi connectivity index (χ1) is 7.85. The van der Waals surface area contributed by atoms with Crippen LogP contribution in [0.25, 0.3) is 0 Å². The second-order valence-corrected chi connectivity index (χ2v) is 4.58. The molecule has 0 bridgehead atoms. The van der Waals surface area contributed by atoms with Crippen LogP contribution < -0.4 is 5.32 Å². The van der Waals surface area contributed by atoms with Crippen molar-refractivity contribution in [3.63, 3.8) is 0 Å². The van der Waals surface area contributed by atoms with Gasteiger partial charge in [-0.05, 0) is 25.7 Å². The normalized spacial score (nSPS) is 20.4. The minimum absolute atomic E-state index is 0.112. The smallest absolute Gasteiger partial charge is 0.348 e. The van der Waals surface area contributed by atoms with Crippen LogP contribution in [0.4, 0.5) is 17.6 Å². The molecule has 0 aromatic carbocycles. The molecule has 1 atom stereocenters. The fourth-order valence-corrected chi connectivity index (χ4v) is 2.15. The number of nitrogens with one attached hydrogen (secondary N) is 1. The standard InChI is InChI=1S/C11H17F4NO/c1-7(8-5-3-2-4-6-8)16-10(17)11(14,15)9(12)13/h7-9H,2-6H2,1H3,(H,16,17)/t7-/m0/s1. The first-order valence-electron chi connectivity index (χ1n) is 5.82. The number of halogens is 4. The third-order valence-electron chi connectivity index (χ3n) is 3.29. The summed E-state index contributed by atoms with van der Waals surface area (Å²) in [6, 6.07) is -0.479. The predicted molar refractivity (Wildman–Crippen MR) is 55.1 cm³/mol. The van der Waals surface area contributed by atoms with Crippen LogP contribution in [0.1, 0.15) is 39.0 Å². The van der Waals surface area contributed by atoms with Crippen molar-refractivity contribution in [2.45, 2.75) is 57.4 Å². The van der Waals surface area contributed by atoms with E-state index in [9.17, 15) is 22.4 Å². The molecule has 0 unspecified atom stereocenters. The summed E-state index contributed by atoms with van der Waals surface area (Å²) in [4.78, 5) is 11.0. The van der Waals surface area contributed by atoms with Crippen molar-refractivity contribution in [1.82, 2.24) is 5.32 Å². The van der Waals surface area contributed by atoms with Gasteiger partial charge in [0.25, 0.3) is 5.91 Å². The van der Waals surface area contributed by atoms with Crippen LogP contribution in [0.3, 0.4) is 0 Å². The number of hydrogen-bond donors (Lipinski definition) is 1. The minimum Gasteiger partial charge on any atom is -0.348 e. The average molecular weight is 255 g/mol. The highest BCUT2D eigenvalue weighted by atomic mass is 19.3. The molecule has 0 aromatic heterocycles. The lowest BCUT2D eigenvalue weighted by Gasteiger charge is -2.29. The Bertz CT molecular complexity index is 264. The van der Waals surface area contributed by atoms with Crippen molar-refractivity contribution in [2.75, 3.05) is 0 Å². The van der Waals surface area contributed by atoms with Gasteiger partial charge in [-0.2, -0.15) is 8.78 Å². The highest BCUT2D eigenvalue weighted by Gasteiger charge is 2.49. The van der Waals surface area contributed by atoms with E-state index in [4.69, 9.17) is 0 Å². The van der Waals surface area contributed by atoms with E-state index >= 15 is 0 Å². The summed E-state index contributed by atoms with van der Waals surface area (Å²) in [5.41, 5.74) is 0.